The molecule has 3 unspecified atom stereocenters. The first-order valence-corrected chi connectivity index (χ1v) is 36.5. The van der Waals surface area contributed by atoms with E-state index >= 15 is 0 Å². The van der Waals surface area contributed by atoms with Crippen molar-refractivity contribution in [2.24, 2.45) is 0 Å². The van der Waals surface area contributed by atoms with E-state index in [2.05, 4.69) is 148 Å². The third-order valence-corrected chi connectivity index (χ3v) is 15.8. The Bertz CT molecular complexity index is 1930. The molecule has 0 heterocycles. The molecule has 0 aromatic rings. The lowest BCUT2D eigenvalue weighted by Gasteiger charge is -2.27. The third-order valence-electron chi connectivity index (χ3n) is 14.8. The summed E-state index contributed by atoms with van der Waals surface area (Å²) in [6.07, 6.45) is 91.7. The van der Waals surface area contributed by atoms with Crippen LogP contribution in [0.4, 0.5) is 0 Å². The SMILES string of the molecule is CC/C=C\C/C=C\C/C=C\C/C=C\C/C=C\C/C=C\CCCCCCCCCCC(=O)OC(/C=C\CCCCCCCCCCCC)C(COP(=O)(O)OCC[N+](C)(C)C)NC(=O)CCCCCCC/C=C\C/C=C\C/C=C\C/C=C\CCCCC. The lowest BCUT2D eigenvalue weighted by Crippen LogP contribution is -2.47. The van der Waals surface area contributed by atoms with Crippen molar-refractivity contribution in [1.82, 2.24) is 5.32 Å². The maximum absolute atomic E-state index is 13.6. The first kappa shape index (κ1) is 82.1. The smallest absolute Gasteiger partial charge is 0.456 e. The number of unbranched alkanes of at least 4 members (excludes halogenated alkanes) is 26. The summed E-state index contributed by atoms with van der Waals surface area (Å²) < 4.78 is 30.8. The Morgan fingerprint density at radius 1 is 0.419 bits per heavy atom. The number of nitrogens with zero attached hydrogens (tertiary/aromatic N) is 1. The highest BCUT2D eigenvalue weighted by Crippen LogP contribution is 2.43. The highest BCUT2D eigenvalue weighted by Gasteiger charge is 2.30. The first-order valence-electron chi connectivity index (χ1n) is 35.0. The average molecular weight is 1220 g/mol. The molecule has 0 aliphatic carbocycles. The molecule has 0 aliphatic rings. The summed E-state index contributed by atoms with van der Waals surface area (Å²) in [5.41, 5.74) is 0. The number of hydrogen-bond acceptors (Lipinski definition) is 6. The van der Waals surface area contributed by atoms with Crippen LogP contribution in [0.3, 0.4) is 0 Å². The molecule has 0 rings (SSSR count). The van der Waals surface area contributed by atoms with E-state index < -0.39 is 20.0 Å². The van der Waals surface area contributed by atoms with E-state index in [9.17, 15) is 19.0 Å². The van der Waals surface area contributed by atoms with Gasteiger partial charge in [0.2, 0.25) is 5.91 Å². The molecule has 9 nitrogen and oxygen atoms in total. The largest absolute Gasteiger partial charge is 0.472 e. The number of quaternary nitrogens is 1. The number of allylic oxidation sites excluding steroid dienone is 21. The number of ether oxygens (including phenoxy) is 1. The fraction of sp³-hybridized carbons (Fsp3) is 0.684. The Morgan fingerprint density at radius 3 is 1.14 bits per heavy atom. The van der Waals surface area contributed by atoms with Gasteiger partial charge in [-0.1, -0.05) is 277 Å². The standard InChI is InChI=1S/C76H131N2O7P/c1-7-10-13-16-19-22-25-28-30-32-34-36-37-38-39-40-41-43-45-47-49-51-54-57-60-63-66-69-76(80)85-74(67-64-61-58-55-52-27-24-21-18-15-12-9-3)73(72-84-86(81,82)83-71-70-78(4,5)6)77-75(79)68-65-62-59-56-53-50-48-46-44-42-35-33-31-29-26-23-20-17-14-11-8-2/h10,13,19-20,22-23,28-31,34-36,38-39,41-43,46,48,64,67,73-74H,7-9,11-12,14-18,21,24-27,32-33,37,40,44-45,47,49-63,65-66,68-72H2,1-6H3,(H-,77,79,81,82)/p+1/b13-10-,22-19-,23-20-,30-28-,31-29-,36-34-,39-38-,42-35-,43-41-,48-46-,67-64-. The van der Waals surface area contributed by atoms with Gasteiger partial charge in [0, 0.05) is 12.8 Å². The van der Waals surface area contributed by atoms with Crippen molar-refractivity contribution in [1.29, 1.82) is 0 Å². The second-order valence-electron chi connectivity index (χ2n) is 24.3. The van der Waals surface area contributed by atoms with Crippen molar-refractivity contribution in [3.05, 3.63) is 134 Å². The Balaban J connectivity index is 5.16. The predicted octanol–water partition coefficient (Wildman–Crippen LogP) is 22.4. The minimum Gasteiger partial charge on any atom is -0.456 e. The molecule has 10 heteroatoms. The molecule has 86 heavy (non-hydrogen) atoms. The first-order chi connectivity index (χ1) is 41.9. The number of phosphoric ester groups is 1. The minimum atomic E-state index is -4.47. The molecule has 492 valence electrons. The highest BCUT2D eigenvalue weighted by atomic mass is 31.2. The van der Waals surface area contributed by atoms with E-state index in [4.69, 9.17) is 13.8 Å². The third kappa shape index (κ3) is 64.6. The number of rotatable bonds is 62. The number of carbonyl (C=O) groups excluding carboxylic acids is 2. The van der Waals surface area contributed by atoms with Crippen molar-refractivity contribution in [2.75, 3.05) is 40.9 Å². The van der Waals surface area contributed by atoms with Gasteiger partial charge in [0.15, 0.2) is 0 Å². The summed E-state index contributed by atoms with van der Waals surface area (Å²) in [5, 5.41) is 3.05. The zero-order chi connectivity index (χ0) is 62.8. The zero-order valence-electron chi connectivity index (χ0n) is 56.3. The Hall–Kier alpha value is -3.85. The number of nitrogens with one attached hydrogen (secondary N) is 1. The van der Waals surface area contributed by atoms with E-state index in [0.717, 1.165) is 148 Å². The van der Waals surface area contributed by atoms with Gasteiger partial charge in [-0.25, -0.2) is 4.57 Å². The van der Waals surface area contributed by atoms with Crippen LogP contribution in [0.25, 0.3) is 0 Å². The van der Waals surface area contributed by atoms with Gasteiger partial charge in [-0.3, -0.25) is 18.6 Å². The molecular weight excluding hydrogens is 1080 g/mol. The van der Waals surface area contributed by atoms with Gasteiger partial charge in [-0.15, -0.1) is 0 Å². The molecule has 1 amide bonds. The Labute approximate surface area is 530 Å². The quantitative estimate of drug-likeness (QED) is 0.0205. The molecule has 0 aliphatic heterocycles. The summed E-state index contributed by atoms with van der Waals surface area (Å²) in [4.78, 5) is 37.9. The minimum absolute atomic E-state index is 0.0279. The van der Waals surface area contributed by atoms with Gasteiger partial charge in [-0.2, -0.15) is 0 Å². The van der Waals surface area contributed by atoms with Crippen LogP contribution in [-0.2, 0) is 27.9 Å². The molecule has 0 bridgehead atoms. The van der Waals surface area contributed by atoms with Crippen molar-refractivity contribution >= 4 is 19.7 Å². The average Bonchev–Trinajstić information content (AvgIpc) is 3.65. The van der Waals surface area contributed by atoms with Crippen LogP contribution in [0, 0.1) is 0 Å². The van der Waals surface area contributed by atoms with Crippen LogP contribution in [-0.4, -0.2) is 74.3 Å². The summed E-state index contributed by atoms with van der Waals surface area (Å²) in [6.45, 7) is 6.85. The van der Waals surface area contributed by atoms with Crippen molar-refractivity contribution in [3.8, 4) is 0 Å². The second-order valence-corrected chi connectivity index (χ2v) is 25.8. The lowest BCUT2D eigenvalue weighted by molar-refractivity contribution is -0.870. The zero-order valence-corrected chi connectivity index (χ0v) is 57.2. The predicted molar refractivity (Wildman–Crippen MR) is 373 cm³/mol. The van der Waals surface area contributed by atoms with Gasteiger partial charge in [0.1, 0.15) is 19.3 Å². The molecule has 0 aromatic heterocycles. The van der Waals surface area contributed by atoms with E-state index in [1.807, 2.05) is 33.3 Å². The van der Waals surface area contributed by atoms with Gasteiger partial charge in [-0.05, 0) is 128 Å². The summed E-state index contributed by atoms with van der Waals surface area (Å²) in [7, 11) is 1.46. The molecule has 0 radical (unpaired) electrons. The van der Waals surface area contributed by atoms with Gasteiger partial charge in [0.25, 0.3) is 0 Å². The summed E-state index contributed by atoms with van der Waals surface area (Å²) in [5.74, 6) is -0.541. The number of phosphoric acid groups is 1. The number of amides is 1. The van der Waals surface area contributed by atoms with Crippen molar-refractivity contribution in [2.45, 2.75) is 296 Å². The topological polar surface area (TPSA) is 111 Å². The van der Waals surface area contributed by atoms with Gasteiger partial charge in [0.05, 0.1) is 33.8 Å². The van der Waals surface area contributed by atoms with Crippen LogP contribution in [0.2, 0.25) is 0 Å². The fourth-order valence-corrected chi connectivity index (χ4v) is 10.2. The van der Waals surface area contributed by atoms with Crippen molar-refractivity contribution in [3.63, 3.8) is 0 Å². The number of carbonyl (C=O) groups is 2. The van der Waals surface area contributed by atoms with Crippen LogP contribution < -0.4 is 5.32 Å². The molecule has 0 fully saturated rings. The van der Waals surface area contributed by atoms with E-state index in [1.165, 1.54) is 103 Å². The Kier molecular flexibility index (Phi) is 61.3. The second kappa shape index (κ2) is 64.1. The number of esters is 1. The summed E-state index contributed by atoms with van der Waals surface area (Å²) >= 11 is 0. The highest BCUT2D eigenvalue weighted by molar-refractivity contribution is 7.47. The molecule has 0 saturated heterocycles. The molecule has 0 spiro atoms. The monoisotopic (exact) mass is 1220 g/mol. The number of hydrogen-bond donors (Lipinski definition) is 2. The maximum Gasteiger partial charge on any atom is 0.472 e. The van der Waals surface area contributed by atoms with Crippen molar-refractivity contribution < 1.29 is 37.3 Å². The van der Waals surface area contributed by atoms with Gasteiger partial charge < -0.3 is 19.4 Å². The molecule has 2 N–H and O–H groups in total. The van der Waals surface area contributed by atoms with Crippen LogP contribution in [0.1, 0.15) is 284 Å². The Morgan fingerprint density at radius 2 is 0.744 bits per heavy atom. The summed E-state index contributed by atoms with van der Waals surface area (Å²) in [6, 6.07) is -0.873. The number of likely N-dealkylation sites (N-methyl/N-ethyl adjacent to an activating group) is 1. The molecule has 0 aromatic carbocycles. The van der Waals surface area contributed by atoms with E-state index in [0.29, 0.717) is 17.4 Å². The maximum atomic E-state index is 13.6. The molecule has 3 atom stereocenters. The van der Waals surface area contributed by atoms with Crippen LogP contribution in [0.15, 0.2) is 134 Å². The fourth-order valence-electron chi connectivity index (χ4n) is 9.46. The van der Waals surface area contributed by atoms with E-state index in [1.54, 1.807) is 0 Å². The van der Waals surface area contributed by atoms with Crippen LogP contribution >= 0.6 is 7.82 Å². The van der Waals surface area contributed by atoms with Crippen LogP contribution in [0.5, 0.6) is 0 Å². The molecular formula is C76H132N2O7P+. The molecule has 0 saturated carbocycles. The lowest BCUT2D eigenvalue weighted by atomic mass is 10.0. The van der Waals surface area contributed by atoms with E-state index in [-0.39, 0.29) is 31.5 Å². The normalized spacial score (nSPS) is 14.4. The van der Waals surface area contributed by atoms with Gasteiger partial charge >= 0.3 is 13.8 Å².